The van der Waals surface area contributed by atoms with Crippen molar-refractivity contribution >= 4 is 34.7 Å². The lowest BCUT2D eigenvalue weighted by Gasteiger charge is -2.51. The van der Waals surface area contributed by atoms with E-state index < -0.39 is 0 Å². The second kappa shape index (κ2) is 13.7. The molecule has 0 saturated heterocycles. The van der Waals surface area contributed by atoms with E-state index >= 15 is 0 Å². The number of rotatable bonds is 5. The quantitative estimate of drug-likeness (QED) is 0.241. The summed E-state index contributed by atoms with van der Waals surface area (Å²) in [6.45, 7) is 43.6. The van der Waals surface area contributed by atoms with E-state index in [2.05, 4.69) is 172 Å². The predicted octanol–water partition coefficient (Wildman–Crippen LogP) is 15.4. The lowest BCUT2D eigenvalue weighted by atomic mass is 9.33. The van der Waals surface area contributed by atoms with Crippen LogP contribution < -0.4 is 10.6 Å². The van der Waals surface area contributed by atoms with Crippen LogP contribution in [0.2, 0.25) is 0 Å². The summed E-state index contributed by atoms with van der Waals surface area (Å²) in [6, 6.07) is 10.1. The zero-order chi connectivity index (χ0) is 42.0. The molecule has 2 aromatic carbocycles. The van der Waals surface area contributed by atoms with Crippen LogP contribution in [0.4, 0.5) is 11.4 Å². The van der Waals surface area contributed by atoms with Crippen molar-refractivity contribution < 1.29 is 4.42 Å². The molecular weight excluding hydrogens is 689 g/mol. The summed E-state index contributed by atoms with van der Waals surface area (Å²) in [5.74, 6) is 0.516. The number of hydrogen-bond acceptors (Lipinski definition) is 2. The highest BCUT2D eigenvalue weighted by Gasteiger charge is 2.50. The molecule has 0 spiro atoms. The summed E-state index contributed by atoms with van der Waals surface area (Å²) < 4.78 is 7.54. The van der Waals surface area contributed by atoms with Crippen molar-refractivity contribution in [3.05, 3.63) is 98.1 Å². The number of hydrogen-bond donors (Lipinski definition) is 0. The third-order valence-corrected chi connectivity index (χ3v) is 15.7. The van der Waals surface area contributed by atoms with Gasteiger partial charge in [-0.05, 0) is 156 Å². The van der Waals surface area contributed by atoms with Gasteiger partial charge >= 0.3 is 0 Å². The molecule has 0 N–H and O–H groups in total. The number of furan rings is 1. The summed E-state index contributed by atoms with van der Waals surface area (Å²) in [4.78, 5) is 2.68. The van der Waals surface area contributed by atoms with Crippen LogP contribution in [0.5, 0.6) is 0 Å². The number of aryl methyl sites for hydroxylation is 1. The first-order valence-electron chi connectivity index (χ1n) is 22.6. The first-order chi connectivity index (χ1) is 26.3. The van der Waals surface area contributed by atoms with Crippen LogP contribution in [0.25, 0.3) is 11.0 Å². The number of allylic oxidation sites excluding steroid dienone is 7. The molecule has 1 saturated carbocycles. The van der Waals surface area contributed by atoms with Gasteiger partial charge in [0.15, 0.2) is 0 Å². The Labute approximate surface area is 348 Å². The van der Waals surface area contributed by atoms with Gasteiger partial charge in [0.25, 0.3) is 6.71 Å². The Morgan fingerprint density at radius 1 is 0.807 bits per heavy atom. The van der Waals surface area contributed by atoms with Crippen LogP contribution in [0.1, 0.15) is 190 Å². The molecule has 1 atom stereocenters. The van der Waals surface area contributed by atoms with E-state index in [4.69, 9.17) is 4.42 Å². The summed E-state index contributed by atoms with van der Waals surface area (Å²) in [7, 11) is 0. The maximum absolute atomic E-state index is 7.54. The average molecular weight is 766 g/mol. The molecule has 3 heteroatoms. The maximum Gasteiger partial charge on any atom is 0.288 e. The molecule has 3 aromatic rings. The summed E-state index contributed by atoms with van der Waals surface area (Å²) in [5, 5.41) is 1.25. The Kier molecular flexibility index (Phi) is 10.1. The normalized spacial score (nSPS) is 23.2. The standard InChI is InChI=1S/C54H76BNO/c1-19-21-43-46(33(3)4)55(35-22-23-37-40(29-35)53(15,16)25-24-51(37,11)12)48-47(36-30-41(50(9,10)20-2)38(49(6,7)8)32-45(36)57-48)56(43)44-31-42-39(28-34(44)5)52(13,14)26-27-54(42,17)18/h21-23,28,30-32,40H,19-20,24-27,29H2,1-18H3/b43-21+. The molecule has 1 unspecified atom stereocenters. The van der Waals surface area contributed by atoms with E-state index in [1.807, 2.05) is 0 Å². The number of fused-ring (bicyclic) bond motifs is 5. The third kappa shape index (κ3) is 6.78. The van der Waals surface area contributed by atoms with Gasteiger partial charge in [0.1, 0.15) is 5.58 Å². The van der Waals surface area contributed by atoms with E-state index in [0.717, 1.165) is 30.5 Å². The van der Waals surface area contributed by atoms with Crippen molar-refractivity contribution in [1.29, 1.82) is 0 Å². The van der Waals surface area contributed by atoms with Gasteiger partial charge in [-0.1, -0.05) is 145 Å². The van der Waals surface area contributed by atoms with Gasteiger partial charge in [-0.25, -0.2) is 0 Å². The Bertz CT molecular complexity index is 2250. The molecule has 1 aliphatic heterocycles. The van der Waals surface area contributed by atoms with E-state index in [1.165, 1.54) is 92.5 Å². The molecule has 306 valence electrons. The molecule has 4 aliphatic rings. The fourth-order valence-electron chi connectivity index (χ4n) is 11.2. The summed E-state index contributed by atoms with van der Waals surface area (Å²) in [6.07, 6.45) is 15.6. The summed E-state index contributed by atoms with van der Waals surface area (Å²) in [5.41, 5.74) is 19.9. The molecule has 1 aromatic heterocycles. The molecule has 0 radical (unpaired) electrons. The molecule has 2 heterocycles. The molecule has 0 bridgehead atoms. The van der Waals surface area contributed by atoms with Crippen molar-refractivity contribution in [2.24, 2.45) is 16.7 Å². The SMILES string of the molecule is CC/C=C1\C(=C(C)C)B(C2=CC=C3C(C2)C(C)(C)CCC3(C)C)c2oc3cc(C(C)(C)C)c(C(C)(C)CC)cc3c2N1c1cc2c(cc1C)C(C)(C)CCC2(C)C. The largest absolute Gasteiger partial charge is 0.468 e. The van der Waals surface area contributed by atoms with Gasteiger partial charge < -0.3 is 9.32 Å². The van der Waals surface area contributed by atoms with Crippen molar-refractivity contribution in [2.45, 2.75) is 191 Å². The van der Waals surface area contributed by atoms with Crippen LogP contribution in [0, 0.1) is 23.7 Å². The van der Waals surface area contributed by atoms with E-state index in [-0.39, 0.29) is 39.2 Å². The fourth-order valence-corrected chi connectivity index (χ4v) is 11.2. The van der Waals surface area contributed by atoms with Gasteiger partial charge in [-0.2, -0.15) is 0 Å². The smallest absolute Gasteiger partial charge is 0.288 e. The molecule has 2 nitrogen and oxygen atoms in total. The van der Waals surface area contributed by atoms with Crippen LogP contribution in [0.3, 0.4) is 0 Å². The zero-order valence-corrected chi connectivity index (χ0v) is 39.5. The van der Waals surface area contributed by atoms with Gasteiger partial charge in [0, 0.05) is 16.8 Å². The van der Waals surface area contributed by atoms with Crippen LogP contribution >= 0.6 is 0 Å². The average Bonchev–Trinajstić information content (AvgIpc) is 3.49. The number of nitrogens with zero attached hydrogens (tertiary/aromatic N) is 1. The second-order valence-electron chi connectivity index (χ2n) is 23.3. The Morgan fingerprint density at radius 2 is 1.42 bits per heavy atom. The van der Waals surface area contributed by atoms with E-state index in [9.17, 15) is 0 Å². The molecule has 0 amide bonds. The van der Waals surface area contributed by atoms with Gasteiger partial charge in [0.05, 0.1) is 11.3 Å². The van der Waals surface area contributed by atoms with Gasteiger partial charge in [-0.3, -0.25) is 0 Å². The molecule has 1 fully saturated rings. The first-order valence-corrected chi connectivity index (χ1v) is 22.6. The Morgan fingerprint density at radius 3 is 2.00 bits per heavy atom. The highest BCUT2D eigenvalue weighted by molar-refractivity contribution is 6.88. The highest BCUT2D eigenvalue weighted by atomic mass is 16.3. The van der Waals surface area contributed by atoms with Crippen LogP contribution in [0.15, 0.2) is 74.7 Å². The van der Waals surface area contributed by atoms with Gasteiger partial charge in [0.2, 0.25) is 0 Å². The molecule has 3 aliphatic carbocycles. The molecule has 7 rings (SSSR count). The highest BCUT2D eigenvalue weighted by Crippen LogP contribution is 2.57. The first kappa shape index (κ1) is 41.9. The minimum atomic E-state index is -0.0272. The van der Waals surface area contributed by atoms with Crippen LogP contribution in [-0.2, 0) is 21.7 Å². The monoisotopic (exact) mass is 766 g/mol. The fraction of sp³-hybridized carbons (Fsp3) is 0.593. The minimum absolute atomic E-state index is 0.0107. The van der Waals surface area contributed by atoms with Crippen molar-refractivity contribution in [3.63, 3.8) is 0 Å². The minimum Gasteiger partial charge on any atom is -0.468 e. The topological polar surface area (TPSA) is 16.4 Å². The maximum atomic E-state index is 7.54. The molecular formula is C54H76BNO. The number of anilines is 2. The number of benzene rings is 2. The van der Waals surface area contributed by atoms with Crippen LogP contribution in [-0.4, -0.2) is 6.71 Å². The molecule has 57 heavy (non-hydrogen) atoms. The lowest BCUT2D eigenvalue weighted by molar-refractivity contribution is 0.122. The van der Waals surface area contributed by atoms with E-state index in [1.54, 1.807) is 5.57 Å². The van der Waals surface area contributed by atoms with E-state index in [0.29, 0.717) is 5.92 Å². The zero-order valence-electron chi connectivity index (χ0n) is 39.5. The second-order valence-corrected chi connectivity index (χ2v) is 23.3. The van der Waals surface area contributed by atoms with Gasteiger partial charge in [-0.15, -0.1) is 0 Å². The summed E-state index contributed by atoms with van der Waals surface area (Å²) >= 11 is 0. The third-order valence-electron chi connectivity index (χ3n) is 15.7. The van der Waals surface area contributed by atoms with Crippen molar-refractivity contribution in [3.8, 4) is 0 Å². The van der Waals surface area contributed by atoms with Crippen molar-refractivity contribution in [2.75, 3.05) is 4.90 Å². The van der Waals surface area contributed by atoms with Crippen molar-refractivity contribution in [1.82, 2.24) is 0 Å². The Balaban J connectivity index is 1.61. The Hall–Kier alpha value is -3.20. The predicted molar refractivity (Wildman–Crippen MR) is 250 cm³/mol. The lowest BCUT2D eigenvalue weighted by Crippen LogP contribution is -2.48.